The summed E-state index contributed by atoms with van der Waals surface area (Å²) in [6, 6.07) is 1.50. The van der Waals surface area contributed by atoms with Crippen molar-refractivity contribution in [1.29, 1.82) is 0 Å². The van der Waals surface area contributed by atoms with E-state index in [1.54, 1.807) is 22.6 Å². The molecule has 1 fully saturated rings. The van der Waals surface area contributed by atoms with Gasteiger partial charge in [-0.3, -0.25) is 14.3 Å². The number of aryl methyl sites for hydroxylation is 1. The molecule has 2 amide bonds. The van der Waals surface area contributed by atoms with Gasteiger partial charge in [0.2, 0.25) is 11.8 Å². The maximum atomic E-state index is 12.3. The Labute approximate surface area is 155 Å². The number of hydrogen-bond acceptors (Lipinski definition) is 6. The van der Waals surface area contributed by atoms with Gasteiger partial charge in [-0.05, 0) is 25.3 Å². The fourth-order valence-corrected chi connectivity index (χ4v) is 3.69. The molecule has 0 aliphatic heterocycles. The largest absolute Gasteiger partial charge is 0.391 e. The van der Waals surface area contributed by atoms with Crippen LogP contribution in [0.4, 0.5) is 0 Å². The van der Waals surface area contributed by atoms with Gasteiger partial charge in [-0.1, -0.05) is 0 Å². The molecule has 140 valence electrons. The van der Waals surface area contributed by atoms with Crippen LogP contribution in [0, 0.1) is 5.92 Å². The number of thiazole rings is 1. The normalized spacial score (nSPS) is 22.7. The Bertz CT molecular complexity index is 704. The lowest BCUT2D eigenvalue weighted by Gasteiger charge is -2.33. The second kappa shape index (κ2) is 8.91. The van der Waals surface area contributed by atoms with Crippen molar-refractivity contribution in [3.8, 4) is 0 Å². The third kappa shape index (κ3) is 5.12. The van der Waals surface area contributed by atoms with Gasteiger partial charge in [0.05, 0.1) is 29.9 Å². The van der Waals surface area contributed by atoms with Gasteiger partial charge in [-0.25, -0.2) is 4.98 Å². The number of carbonyl (C=O) groups excluding carboxylic acids is 2. The fraction of sp³-hybridized carbons (Fsp3) is 0.529. The molecule has 8 nitrogen and oxygen atoms in total. The molecule has 26 heavy (non-hydrogen) atoms. The first-order valence-electron chi connectivity index (χ1n) is 8.71. The van der Waals surface area contributed by atoms with Crippen LogP contribution >= 0.6 is 11.3 Å². The summed E-state index contributed by atoms with van der Waals surface area (Å²) in [6.45, 7) is 0.909. The highest BCUT2D eigenvalue weighted by molar-refractivity contribution is 7.07. The number of rotatable bonds is 7. The van der Waals surface area contributed by atoms with E-state index in [1.807, 2.05) is 11.4 Å². The lowest BCUT2D eigenvalue weighted by molar-refractivity contribution is -0.128. The van der Waals surface area contributed by atoms with E-state index in [1.165, 1.54) is 11.3 Å². The maximum absolute atomic E-state index is 12.3. The number of carbonyl (C=O) groups is 2. The summed E-state index contributed by atoms with van der Waals surface area (Å²) in [5.74, 6) is -0.419. The van der Waals surface area contributed by atoms with E-state index in [2.05, 4.69) is 20.7 Å². The van der Waals surface area contributed by atoms with Crippen LogP contribution in [0.2, 0.25) is 0 Å². The van der Waals surface area contributed by atoms with Crippen LogP contribution < -0.4 is 10.6 Å². The van der Waals surface area contributed by atoms with E-state index in [0.717, 1.165) is 5.69 Å². The molecule has 0 unspecified atom stereocenters. The molecule has 0 radical (unpaired) electrons. The fourth-order valence-electron chi connectivity index (χ4n) is 3.13. The highest BCUT2D eigenvalue weighted by atomic mass is 32.1. The average Bonchev–Trinajstić information content (AvgIpc) is 3.33. The third-order valence-electron chi connectivity index (χ3n) is 4.59. The molecule has 0 bridgehead atoms. The number of hydrogen-bond donors (Lipinski definition) is 3. The number of nitrogens with zero attached hydrogens (tertiary/aromatic N) is 3. The molecule has 3 N–H and O–H groups in total. The highest BCUT2D eigenvalue weighted by Gasteiger charge is 2.33. The first kappa shape index (κ1) is 18.5. The molecule has 1 saturated carbocycles. The second-order valence-corrected chi connectivity index (χ2v) is 7.19. The van der Waals surface area contributed by atoms with Crippen LogP contribution in [0.25, 0.3) is 0 Å². The summed E-state index contributed by atoms with van der Waals surface area (Å²) in [7, 11) is 0. The molecule has 0 spiro atoms. The van der Waals surface area contributed by atoms with Crippen molar-refractivity contribution in [1.82, 2.24) is 25.4 Å². The molecule has 9 heteroatoms. The Kier molecular flexibility index (Phi) is 6.35. The smallest absolute Gasteiger partial charge is 0.223 e. The second-order valence-electron chi connectivity index (χ2n) is 6.47. The Morgan fingerprint density at radius 2 is 2.27 bits per heavy atom. The zero-order chi connectivity index (χ0) is 18.4. The predicted octanol–water partition coefficient (Wildman–Crippen LogP) is 0.692. The zero-order valence-electron chi connectivity index (χ0n) is 14.4. The quantitative estimate of drug-likeness (QED) is 0.658. The minimum absolute atomic E-state index is 0.0690. The minimum Gasteiger partial charge on any atom is -0.391 e. The van der Waals surface area contributed by atoms with Crippen LogP contribution in [0.3, 0.4) is 0 Å². The summed E-state index contributed by atoms with van der Waals surface area (Å²) in [4.78, 5) is 28.4. The molecule has 1 aliphatic rings. The van der Waals surface area contributed by atoms with Gasteiger partial charge in [0.1, 0.15) is 0 Å². The molecule has 0 aromatic carbocycles. The molecule has 2 aromatic heterocycles. The number of nitrogens with one attached hydrogen (secondary N) is 2. The van der Waals surface area contributed by atoms with Gasteiger partial charge < -0.3 is 15.7 Å². The average molecular weight is 377 g/mol. The van der Waals surface area contributed by atoms with Crippen LogP contribution in [0.1, 0.15) is 31.4 Å². The van der Waals surface area contributed by atoms with Crippen LogP contribution in [0.5, 0.6) is 0 Å². The van der Waals surface area contributed by atoms with Gasteiger partial charge in [-0.2, -0.15) is 5.10 Å². The summed E-state index contributed by atoms with van der Waals surface area (Å²) in [6.07, 6.45) is 4.65. The van der Waals surface area contributed by atoms with E-state index in [4.69, 9.17) is 0 Å². The number of aliphatic hydroxyl groups excluding tert-OH is 1. The van der Waals surface area contributed by atoms with E-state index >= 15 is 0 Å². The Balaban J connectivity index is 1.39. The molecular weight excluding hydrogens is 354 g/mol. The lowest BCUT2D eigenvalue weighted by atomic mass is 9.83. The van der Waals surface area contributed by atoms with E-state index in [0.29, 0.717) is 38.8 Å². The van der Waals surface area contributed by atoms with Gasteiger partial charge >= 0.3 is 0 Å². The van der Waals surface area contributed by atoms with Crippen molar-refractivity contribution in [2.75, 3.05) is 0 Å². The van der Waals surface area contributed by atoms with Crippen LogP contribution in [-0.2, 0) is 22.7 Å². The van der Waals surface area contributed by atoms with E-state index in [-0.39, 0.29) is 23.8 Å². The van der Waals surface area contributed by atoms with Gasteiger partial charge in [0.25, 0.3) is 0 Å². The van der Waals surface area contributed by atoms with Crippen LogP contribution in [-0.4, -0.2) is 43.8 Å². The van der Waals surface area contributed by atoms with Crippen molar-refractivity contribution in [3.05, 3.63) is 35.0 Å². The van der Waals surface area contributed by atoms with Gasteiger partial charge in [0.15, 0.2) is 0 Å². The monoisotopic (exact) mass is 377 g/mol. The number of aromatic nitrogens is 3. The molecule has 1 aliphatic carbocycles. The summed E-state index contributed by atoms with van der Waals surface area (Å²) in [5, 5.41) is 22.0. The molecule has 3 rings (SSSR count). The van der Waals surface area contributed by atoms with Crippen molar-refractivity contribution >= 4 is 23.2 Å². The SMILES string of the molecule is O=C(CCn1cccn1)N[C@H]1CC[C@H](C(=O)NCc2cscn2)C[C@@H]1O. The summed E-state index contributed by atoms with van der Waals surface area (Å²) in [5.41, 5.74) is 2.56. The molecule has 2 aromatic rings. The molecule has 3 atom stereocenters. The van der Waals surface area contributed by atoms with Crippen LogP contribution in [0.15, 0.2) is 29.4 Å². The van der Waals surface area contributed by atoms with E-state index < -0.39 is 6.10 Å². The molecule has 2 heterocycles. The lowest BCUT2D eigenvalue weighted by Crippen LogP contribution is -2.49. The van der Waals surface area contributed by atoms with Crippen molar-refractivity contribution in [2.24, 2.45) is 5.92 Å². The number of amides is 2. The third-order valence-corrected chi connectivity index (χ3v) is 5.22. The first-order valence-corrected chi connectivity index (χ1v) is 9.65. The van der Waals surface area contributed by atoms with Crippen molar-refractivity contribution in [2.45, 2.75) is 50.9 Å². The Morgan fingerprint density at radius 3 is 2.96 bits per heavy atom. The molecule has 0 saturated heterocycles. The van der Waals surface area contributed by atoms with E-state index in [9.17, 15) is 14.7 Å². The topological polar surface area (TPSA) is 109 Å². The van der Waals surface area contributed by atoms with Gasteiger partial charge in [0, 0.05) is 36.7 Å². The van der Waals surface area contributed by atoms with Crippen molar-refractivity contribution < 1.29 is 14.7 Å². The zero-order valence-corrected chi connectivity index (χ0v) is 15.2. The number of aliphatic hydroxyl groups is 1. The minimum atomic E-state index is -0.715. The Hall–Kier alpha value is -2.26. The maximum Gasteiger partial charge on any atom is 0.223 e. The van der Waals surface area contributed by atoms with Crippen molar-refractivity contribution in [3.63, 3.8) is 0 Å². The predicted molar refractivity (Wildman–Crippen MR) is 96.1 cm³/mol. The molecular formula is C17H23N5O3S. The standard InChI is InChI=1S/C17H23N5O3S/c23-15-8-12(17(25)18-9-13-10-26-11-19-13)2-3-14(15)21-16(24)4-7-22-6-1-5-20-22/h1,5-6,10-12,14-15,23H,2-4,7-9H2,(H,18,25)(H,21,24)/t12-,14-,15-/m0/s1. The first-order chi connectivity index (χ1) is 12.6. The summed E-state index contributed by atoms with van der Waals surface area (Å²) >= 11 is 1.49. The van der Waals surface area contributed by atoms with Gasteiger partial charge in [-0.15, -0.1) is 11.3 Å². The highest BCUT2D eigenvalue weighted by Crippen LogP contribution is 2.25. The Morgan fingerprint density at radius 1 is 1.38 bits per heavy atom. The summed E-state index contributed by atoms with van der Waals surface area (Å²) < 4.78 is 1.69.